The molecule has 0 radical (unpaired) electrons. The van der Waals surface area contributed by atoms with Gasteiger partial charge in [-0.2, -0.15) is 4.57 Å². The third kappa shape index (κ3) is 5.41. The number of aromatic nitrogens is 1. The lowest BCUT2D eigenvalue weighted by molar-refractivity contribution is -0.684. The summed E-state index contributed by atoms with van der Waals surface area (Å²) in [6, 6.07) is 11.1. The molecule has 0 aliphatic rings. The number of pyridine rings is 1. The van der Waals surface area contributed by atoms with Crippen LogP contribution in [0.5, 0.6) is 0 Å². The molecule has 0 atom stereocenters. The summed E-state index contributed by atoms with van der Waals surface area (Å²) in [7, 11) is 0. The maximum atomic E-state index is 12.3. The number of hydrogen-bond acceptors (Lipinski definition) is 2. The zero-order chi connectivity index (χ0) is 18.9. The van der Waals surface area contributed by atoms with Crippen LogP contribution in [0.2, 0.25) is 0 Å². The van der Waals surface area contributed by atoms with Gasteiger partial charge in [0.15, 0.2) is 12.4 Å². The second kappa shape index (κ2) is 9.70. The smallest absolute Gasteiger partial charge is 0.290 e. The second-order valence-corrected chi connectivity index (χ2v) is 6.23. The van der Waals surface area contributed by atoms with Crippen LogP contribution in [-0.4, -0.2) is 29.8 Å². The number of nitrogens with zero attached hydrogens (tertiary/aromatic N) is 2. The van der Waals surface area contributed by atoms with Crippen LogP contribution in [0.4, 0.5) is 5.69 Å². The van der Waals surface area contributed by atoms with Crippen LogP contribution in [0.1, 0.15) is 43.1 Å². The Kier molecular flexibility index (Phi) is 7.33. The summed E-state index contributed by atoms with van der Waals surface area (Å²) in [6.07, 6.45) is 6.01. The monoisotopic (exact) mass is 354 g/mol. The first-order valence-electron chi connectivity index (χ1n) is 9.24. The van der Waals surface area contributed by atoms with Crippen LogP contribution in [0.15, 0.2) is 48.8 Å². The van der Waals surface area contributed by atoms with Crippen molar-refractivity contribution in [2.45, 2.75) is 40.2 Å². The number of aryl methyl sites for hydroxylation is 1. The Balaban J connectivity index is 1.93. The van der Waals surface area contributed by atoms with Crippen molar-refractivity contribution in [3.8, 4) is 0 Å². The van der Waals surface area contributed by atoms with Gasteiger partial charge in [-0.25, -0.2) is 0 Å². The molecule has 5 heteroatoms. The van der Waals surface area contributed by atoms with E-state index in [4.69, 9.17) is 0 Å². The first-order valence-corrected chi connectivity index (χ1v) is 9.24. The Morgan fingerprint density at radius 1 is 0.962 bits per heavy atom. The number of rotatable bonds is 8. The zero-order valence-corrected chi connectivity index (χ0v) is 15.9. The Morgan fingerprint density at radius 2 is 1.58 bits per heavy atom. The molecular weight excluding hydrogens is 326 g/mol. The predicted molar refractivity (Wildman–Crippen MR) is 103 cm³/mol. The normalized spacial score (nSPS) is 10.4. The molecule has 138 valence electrons. The van der Waals surface area contributed by atoms with Crippen LogP contribution < -0.4 is 9.88 Å². The molecule has 1 aromatic carbocycles. The SMILES string of the molecule is CCCc1cc[n+](CC(=O)Nc2ccc(C(=O)N(CC)CC)cc2)cc1. The van der Waals surface area contributed by atoms with E-state index < -0.39 is 0 Å². The third-order valence-corrected chi connectivity index (χ3v) is 4.29. The second-order valence-electron chi connectivity index (χ2n) is 6.23. The number of carbonyl (C=O) groups excluding carboxylic acids is 2. The lowest BCUT2D eigenvalue weighted by atomic mass is 10.1. The van der Waals surface area contributed by atoms with Gasteiger partial charge in [-0.05, 0) is 50.1 Å². The van der Waals surface area contributed by atoms with Crippen molar-refractivity contribution >= 4 is 17.5 Å². The van der Waals surface area contributed by atoms with Crippen molar-refractivity contribution in [2.75, 3.05) is 18.4 Å². The van der Waals surface area contributed by atoms with E-state index in [-0.39, 0.29) is 18.4 Å². The van der Waals surface area contributed by atoms with Crippen LogP contribution in [0.25, 0.3) is 0 Å². The molecule has 2 rings (SSSR count). The molecule has 1 aromatic heterocycles. The maximum Gasteiger partial charge on any atom is 0.290 e. The topological polar surface area (TPSA) is 53.3 Å². The standard InChI is InChI=1S/C21H27N3O2/c1-4-7-17-12-14-23(15-13-17)16-20(25)22-19-10-8-18(9-11-19)21(26)24(5-2)6-3/h8-15H,4-7,16H2,1-3H3/p+1. The molecule has 0 aliphatic carbocycles. The highest BCUT2D eigenvalue weighted by molar-refractivity contribution is 5.95. The molecule has 0 fully saturated rings. The largest absolute Gasteiger partial charge is 0.339 e. The molecule has 0 aliphatic heterocycles. The highest BCUT2D eigenvalue weighted by Gasteiger charge is 2.13. The van der Waals surface area contributed by atoms with Crippen LogP contribution in [0.3, 0.4) is 0 Å². The molecule has 0 saturated heterocycles. The minimum absolute atomic E-state index is 0.00982. The van der Waals surface area contributed by atoms with Crippen LogP contribution >= 0.6 is 0 Å². The molecule has 0 spiro atoms. The van der Waals surface area contributed by atoms with Crippen molar-refractivity contribution in [3.63, 3.8) is 0 Å². The molecule has 2 aromatic rings. The number of nitrogens with one attached hydrogen (secondary N) is 1. The fourth-order valence-electron chi connectivity index (χ4n) is 2.80. The third-order valence-electron chi connectivity index (χ3n) is 4.29. The van der Waals surface area contributed by atoms with E-state index in [9.17, 15) is 9.59 Å². The molecule has 0 bridgehead atoms. The van der Waals surface area contributed by atoms with Gasteiger partial charge >= 0.3 is 0 Å². The van der Waals surface area contributed by atoms with Gasteiger partial charge < -0.3 is 10.2 Å². The summed E-state index contributed by atoms with van der Waals surface area (Å²) in [6.45, 7) is 7.69. The fourth-order valence-corrected chi connectivity index (χ4v) is 2.80. The highest BCUT2D eigenvalue weighted by atomic mass is 16.2. The summed E-state index contributed by atoms with van der Waals surface area (Å²) in [5.41, 5.74) is 2.60. The number of amides is 2. The lowest BCUT2D eigenvalue weighted by Gasteiger charge is -2.18. The van der Waals surface area contributed by atoms with Crippen LogP contribution in [-0.2, 0) is 17.8 Å². The predicted octanol–water partition coefficient (Wildman–Crippen LogP) is 3.05. The molecule has 1 heterocycles. The van der Waals surface area contributed by atoms with Crippen LogP contribution in [0, 0.1) is 0 Å². The van der Waals surface area contributed by atoms with Crippen molar-refractivity contribution < 1.29 is 14.2 Å². The van der Waals surface area contributed by atoms with Gasteiger partial charge in [0.25, 0.3) is 11.8 Å². The number of carbonyl (C=O) groups is 2. The summed E-state index contributed by atoms with van der Waals surface area (Å²) in [5.74, 6) is -0.0864. The van der Waals surface area contributed by atoms with E-state index in [1.54, 1.807) is 29.2 Å². The number of hydrogen-bond donors (Lipinski definition) is 1. The van der Waals surface area contributed by atoms with Gasteiger partial charge in [-0.15, -0.1) is 0 Å². The summed E-state index contributed by atoms with van der Waals surface area (Å²) >= 11 is 0. The van der Waals surface area contributed by atoms with Gasteiger partial charge in [0.2, 0.25) is 6.54 Å². The van der Waals surface area contributed by atoms with E-state index >= 15 is 0 Å². The number of anilines is 1. The van der Waals surface area contributed by atoms with Crippen molar-refractivity contribution in [1.29, 1.82) is 0 Å². The average Bonchev–Trinajstić information content (AvgIpc) is 2.65. The van der Waals surface area contributed by atoms with Gasteiger partial charge in [-0.3, -0.25) is 9.59 Å². The van der Waals surface area contributed by atoms with Gasteiger partial charge in [0.1, 0.15) is 0 Å². The van der Waals surface area contributed by atoms with E-state index in [0.717, 1.165) is 12.8 Å². The quantitative estimate of drug-likeness (QED) is 0.741. The molecule has 26 heavy (non-hydrogen) atoms. The Hall–Kier alpha value is -2.69. The van der Waals surface area contributed by atoms with Crippen molar-refractivity contribution in [1.82, 2.24) is 4.90 Å². The number of benzene rings is 1. The maximum absolute atomic E-state index is 12.3. The minimum Gasteiger partial charge on any atom is -0.339 e. The molecule has 0 unspecified atom stereocenters. The van der Waals surface area contributed by atoms with Gasteiger partial charge in [0.05, 0.1) is 0 Å². The van der Waals surface area contributed by atoms with E-state index in [2.05, 4.69) is 12.2 Å². The lowest BCUT2D eigenvalue weighted by Crippen LogP contribution is -2.39. The zero-order valence-electron chi connectivity index (χ0n) is 15.9. The first kappa shape index (κ1) is 19.6. The summed E-state index contributed by atoms with van der Waals surface area (Å²) in [4.78, 5) is 26.3. The van der Waals surface area contributed by atoms with Gasteiger partial charge in [0, 0.05) is 36.5 Å². The Morgan fingerprint density at radius 3 is 2.12 bits per heavy atom. The van der Waals surface area contributed by atoms with Gasteiger partial charge in [-0.1, -0.05) is 13.3 Å². The molecule has 0 saturated carbocycles. The summed E-state index contributed by atoms with van der Waals surface area (Å²) in [5, 5.41) is 2.87. The van der Waals surface area contributed by atoms with Crippen molar-refractivity contribution in [2.24, 2.45) is 0 Å². The van der Waals surface area contributed by atoms with E-state index in [0.29, 0.717) is 24.3 Å². The summed E-state index contributed by atoms with van der Waals surface area (Å²) < 4.78 is 1.85. The van der Waals surface area contributed by atoms with E-state index in [1.807, 2.05) is 42.9 Å². The molecule has 5 nitrogen and oxygen atoms in total. The first-order chi connectivity index (χ1) is 12.6. The Bertz CT molecular complexity index is 720. The fraction of sp³-hybridized carbons (Fsp3) is 0.381. The molecule has 2 amide bonds. The van der Waals surface area contributed by atoms with E-state index in [1.165, 1.54) is 5.56 Å². The molecular formula is C21H28N3O2+. The molecule has 1 N–H and O–H groups in total. The van der Waals surface area contributed by atoms with Crippen molar-refractivity contribution in [3.05, 3.63) is 59.9 Å². The Labute approximate surface area is 155 Å². The average molecular weight is 354 g/mol. The highest BCUT2D eigenvalue weighted by Crippen LogP contribution is 2.11. The minimum atomic E-state index is -0.0962.